The predicted octanol–water partition coefficient (Wildman–Crippen LogP) is 5.97. The highest BCUT2D eigenvalue weighted by atomic mass is 79.9. The summed E-state index contributed by atoms with van der Waals surface area (Å²) in [6, 6.07) is 8.56. The number of thiophene rings is 3. The van der Waals surface area contributed by atoms with Crippen LogP contribution in [0.4, 0.5) is 0 Å². The van der Waals surface area contributed by atoms with E-state index in [1.54, 1.807) is 34.0 Å². The van der Waals surface area contributed by atoms with Crippen LogP contribution in [-0.4, -0.2) is 0 Å². The van der Waals surface area contributed by atoms with Gasteiger partial charge in [-0.05, 0) is 38.8 Å². The van der Waals surface area contributed by atoms with Gasteiger partial charge >= 0.3 is 0 Å². The Labute approximate surface area is 114 Å². The zero-order valence-electron chi connectivity index (χ0n) is 8.14. The average molecular weight is 327 g/mol. The lowest BCUT2D eigenvalue weighted by atomic mass is 10.2. The molecule has 3 aromatic rings. The molecule has 0 nitrogen and oxygen atoms in total. The van der Waals surface area contributed by atoms with Gasteiger partial charge in [-0.1, -0.05) is 12.1 Å². The van der Waals surface area contributed by atoms with Crippen molar-refractivity contribution in [1.82, 2.24) is 0 Å². The largest absolute Gasteiger partial charge is 0.144 e. The minimum absolute atomic E-state index is 1.20. The molecule has 0 fully saturated rings. The summed E-state index contributed by atoms with van der Waals surface area (Å²) in [7, 11) is 0. The monoisotopic (exact) mass is 326 g/mol. The summed E-state index contributed by atoms with van der Waals surface area (Å²) in [6.07, 6.45) is 0. The van der Waals surface area contributed by atoms with E-state index >= 15 is 0 Å². The van der Waals surface area contributed by atoms with Crippen molar-refractivity contribution in [3.8, 4) is 20.2 Å². The molecule has 0 aliphatic heterocycles. The highest BCUT2D eigenvalue weighted by Gasteiger charge is 2.14. The van der Waals surface area contributed by atoms with Crippen LogP contribution in [0.25, 0.3) is 20.2 Å². The molecule has 3 heterocycles. The van der Waals surface area contributed by atoms with E-state index in [0.717, 1.165) is 0 Å². The van der Waals surface area contributed by atoms with Crippen molar-refractivity contribution >= 4 is 49.9 Å². The van der Waals surface area contributed by atoms with E-state index in [-0.39, 0.29) is 0 Å². The summed E-state index contributed by atoms with van der Waals surface area (Å²) in [6.45, 7) is 0. The topological polar surface area (TPSA) is 0 Å². The van der Waals surface area contributed by atoms with Gasteiger partial charge in [0.1, 0.15) is 0 Å². The third kappa shape index (κ3) is 1.80. The predicted molar refractivity (Wildman–Crippen MR) is 78.6 cm³/mol. The second kappa shape index (κ2) is 4.45. The first-order valence-corrected chi connectivity index (χ1v) is 8.14. The van der Waals surface area contributed by atoms with Crippen molar-refractivity contribution in [2.75, 3.05) is 0 Å². The first-order chi connectivity index (χ1) is 7.86. The van der Waals surface area contributed by atoms with Crippen LogP contribution in [0.5, 0.6) is 0 Å². The van der Waals surface area contributed by atoms with Gasteiger partial charge in [0, 0.05) is 25.2 Å². The molecular weight excluding hydrogens is 320 g/mol. The van der Waals surface area contributed by atoms with Crippen LogP contribution in [0.3, 0.4) is 0 Å². The fraction of sp³-hybridized carbons (Fsp3) is 0. The molecule has 0 aliphatic rings. The summed E-state index contributed by atoms with van der Waals surface area (Å²) < 4.78 is 1.20. The van der Waals surface area contributed by atoms with Gasteiger partial charge < -0.3 is 0 Å². The summed E-state index contributed by atoms with van der Waals surface area (Å²) in [5, 5.41) is 6.42. The second-order valence-electron chi connectivity index (χ2n) is 3.24. The Morgan fingerprint density at radius 2 is 1.56 bits per heavy atom. The number of hydrogen-bond donors (Lipinski definition) is 0. The summed E-state index contributed by atoms with van der Waals surface area (Å²) in [5.41, 5.74) is 1.34. The van der Waals surface area contributed by atoms with Crippen molar-refractivity contribution in [3.05, 3.63) is 44.9 Å². The number of rotatable bonds is 2. The first kappa shape index (κ1) is 10.7. The van der Waals surface area contributed by atoms with Crippen molar-refractivity contribution in [2.45, 2.75) is 0 Å². The van der Waals surface area contributed by atoms with E-state index in [4.69, 9.17) is 0 Å². The lowest BCUT2D eigenvalue weighted by Crippen LogP contribution is -1.72. The standard InChI is InChI=1S/C12H7BrS3/c13-8-7-16-12(10-4-2-6-15-10)11(8)9-3-1-5-14-9/h1-7H. The molecule has 16 heavy (non-hydrogen) atoms. The van der Waals surface area contributed by atoms with Gasteiger partial charge in [-0.25, -0.2) is 0 Å². The fourth-order valence-corrected chi connectivity index (χ4v) is 5.21. The number of hydrogen-bond acceptors (Lipinski definition) is 3. The van der Waals surface area contributed by atoms with E-state index < -0.39 is 0 Å². The first-order valence-electron chi connectivity index (χ1n) is 4.71. The van der Waals surface area contributed by atoms with E-state index in [2.05, 4.69) is 56.3 Å². The molecule has 4 heteroatoms. The van der Waals surface area contributed by atoms with Crippen molar-refractivity contribution < 1.29 is 0 Å². The van der Waals surface area contributed by atoms with Gasteiger partial charge in [-0.15, -0.1) is 34.0 Å². The zero-order valence-corrected chi connectivity index (χ0v) is 12.2. The van der Waals surface area contributed by atoms with Gasteiger partial charge in [0.25, 0.3) is 0 Å². The zero-order chi connectivity index (χ0) is 11.0. The lowest BCUT2D eigenvalue weighted by Gasteiger charge is -1.99. The van der Waals surface area contributed by atoms with Gasteiger partial charge in [-0.2, -0.15) is 0 Å². The van der Waals surface area contributed by atoms with Crippen molar-refractivity contribution in [2.24, 2.45) is 0 Å². The van der Waals surface area contributed by atoms with Crippen LogP contribution in [0, 0.1) is 0 Å². The maximum atomic E-state index is 3.65. The van der Waals surface area contributed by atoms with E-state index in [1.165, 1.54) is 24.7 Å². The van der Waals surface area contributed by atoms with Crippen LogP contribution in [0.15, 0.2) is 44.9 Å². The third-order valence-corrected chi connectivity index (χ3v) is 6.10. The molecule has 0 unspecified atom stereocenters. The van der Waals surface area contributed by atoms with Gasteiger partial charge in [0.05, 0.1) is 4.88 Å². The van der Waals surface area contributed by atoms with E-state index in [9.17, 15) is 0 Å². The van der Waals surface area contributed by atoms with Crippen LogP contribution in [0.2, 0.25) is 0 Å². The molecule has 0 aromatic carbocycles. The Bertz CT molecular complexity index is 576. The fourth-order valence-electron chi connectivity index (χ4n) is 1.58. The molecule has 0 bridgehead atoms. The molecular formula is C12H7BrS3. The summed E-state index contributed by atoms with van der Waals surface area (Å²) in [5.74, 6) is 0. The Morgan fingerprint density at radius 3 is 2.19 bits per heavy atom. The summed E-state index contributed by atoms with van der Waals surface area (Å²) >= 11 is 9.03. The molecule has 0 amide bonds. The summed E-state index contributed by atoms with van der Waals surface area (Å²) in [4.78, 5) is 4.04. The Balaban J connectivity index is 2.21. The molecule has 0 saturated heterocycles. The molecule has 0 spiro atoms. The van der Waals surface area contributed by atoms with Crippen LogP contribution in [0.1, 0.15) is 0 Å². The quantitative estimate of drug-likeness (QED) is 0.544. The highest BCUT2D eigenvalue weighted by molar-refractivity contribution is 9.10. The van der Waals surface area contributed by atoms with Crippen molar-refractivity contribution in [3.63, 3.8) is 0 Å². The third-order valence-electron chi connectivity index (χ3n) is 2.26. The minimum atomic E-state index is 1.20. The maximum Gasteiger partial charge on any atom is 0.0540 e. The Morgan fingerprint density at radius 1 is 0.875 bits per heavy atom. The lowest BCUT2D eigenvalue weighted by molar-refractivity contribution is 1.81. The average Bonchev–Trinajstić information content (AvgIpc) is 2.96. The van der Waals surface area contributed by atoms with Crippen molar-refractivity contribution in [1.29, 1.82) is 0 Å². The molecule has 80 valence electrons. The molecule has 3 rings (SSSR count). The van der Waals surface area contributed by atoms with E-state index in [0.29, 0.717) is 0 Å². The van der Waals surface area contributed by atoms with Gasteiger partial charge in [0.2, 0.25) is 0 Å². The Hall–Kier alpha value is -0.420. The molecule has 3 aromatic heterocycles. The number of halogens is 1. The maximum absolute atomic E-state index is 3.65. The second-order valence-corrected chi connectivity index (χ2v) is 6.87. The normalized spacial score (nSPS) is 10.8. The molecule has 0 N–H and O–H groups in total. The smallest absolute Gasteiger partial charge is 0.0540 e. The van der Waals surface area contributed by atoms with Crippen LogP contribution >= 0.6 is 49.9 Å². The SMILES string of the molecule is Brc1csc(-c2cccs2)c1-c1cccs1. The van der Waals surface area contributed by atoms with E-state index in [1.807, 2.05) is 0 Å². The Kier molecular flexibility index (Phi) is 2.98. The molecule has 0 atom stereocenters. The van der Waals surface area contributed by atoms with Gasteiger partial charge in [-0.3, -0.25) is 0 Å². The van der Waals surface area contributed by atoms with Crippen LogP contribution < -0.4 is 0 Å². The highest BCUT2D eigenvalue weighted by Crippen LogP contribution is 2.45. The van der Waals surface area contributed by atoms with Gasteiger partial charge in [0.15, 0.2) is 0 Å². The van der Waals surface area contributed by atoms with Crippen LogP contribution in [-0.2, 0) is 0 Å². The molecule has 0 radical (unpaired) electrons. The molecule has 0 aliphatic carbocycles. The minimum Gasteiger partial charge on any atom is -0.144 e. The molecule has 0 saturated carbocycles.